The molecule has 264 valence electrons. The van der Waals surface area contributed by atoms with Crippen molar-refractivity contribution in [1.29, 1.82) is 0 Å². The number of piperidine rings is 2. The van der Waals surface area contributed by atoms with Crippen LogP contribution in [0, 0.1) is 0 Å². The predicted octanol–water partition coefficient (Wildman–Crippen LogP) is 6.10. The van der Waals surface area contributed by atoms with Gasteiger partial charge in [-0.15, -0.1) is 11.8 Å². The van der Waals surface area contributed by atoms with Gasteiger partial charge >= 0.3 is 0 Å². The van der Waals surface area contributed by atoms with E-state index in [1.165, 1.54) is 4.90 Å². The summed E-state index contributed by atoms with van der Waals surface area (Å²) in [4.78, 5) is 34.5. The highest BCUT2D eigenvalue weighted by Crippen LogP contribution is 2.35. The molecule has 10 heteroatoms. The van der Waals surface area contributed by atoms with Crippen molar-refractivity contribution in [2.24, 2.45) is 0 Å². The number of likely N-dealkylation sites (tertiary alicyclic amines) is 2. The molecule has 2 saturated heterocycles. The van der Waals surface area contributed by atoms with Crippen LogP contribution in [0.2, 0.25) is 0 Å². The fourth-order valence-corrected chi connectivity index (χ4v) is 7.81. The third kappa shape index (κ3) is 10.7. The van der Waals surface area contributed by atoms with Crippen LogP contribution in [0.15, 0.2) is 53.4 Å². The van der Waals surface area contributed by atoms with Gasteiger partial charge in [0.15, 0.2) is 6.61 Å². The average Bonchev–Trinajstić information content (AvgIpc) is 3.13. The zero-order chi connectivity index (χ0) is 33.6. The number of carbonyl (C=O) groups excluding carboxylic acids is 2. The Hall–Kier alpha value is -2.63. The molecular weight excluding hydrogens is 625 g/mol. The standard InChI is InChI=1S/C19H28N2O3.C19H28N2O2S/c2*1-2-14-23-16-8-12-20(13-9-16)10-5-11-21-17-6-3-4-7-18(17)24-15-19(21)22/h2*3-4,6-7,16H,2,5,8-15H2,1H3. The number of rotatable bonds is 14. The molecule has 2 aromatic carbocycles. The van der Waals surface area contributed by atoms with Crippen molar-refractivity contribution in [1.82, 2.24) is 9.80 Å². The molecule has 0 N–H and O–H groups in total. The molecule has 4 heterocycles. The Morgan fingerprint density at radius 2 is 1.21 bits per heavy atom. The minimum atomic E-state index is 0.0559. The summed E-state index contributed by atoms with van der Waals surface area (Å²) in [6, 6.07) is 16.0. The number of ether oxygens (including phenoxy) is 3. The van der Waals surface area contributed by atoms with Crippen molar-refractivity contribution in [2.75, 3.05) is 87.7 Å². The first kappa shape index (κ1) is 36.6. The zero-order valence-electron chi connectivity index (χ0n) is 29.2. The molecule has 9 nitrogen and oxygen atoms in total. The summed E-state index contributed by atoms with van der Waals surface area (Å²) >= 11 is 1.65. The number of amides is 2. The molecule has 4 aliphatic rings. The van der Waals surface area contributed by atoms with Crippen LogP contribution in [-0.2, 0) is 19.1 Å². The topological polar surface area (TPSA) is 74.8 Å². The predicted molar refractivity (Wildman–Crippen MR) is 194 cm³/mol. The minimum Gasteiger partial charge on any atom is -0.482 e. The van der Waals surface area contributed by atoms with Crippen molar-refractivity contribution in [2.45, 2.75) is 82.3 Å². The highest BCUT2D eigenvalue weighted by molar-refractivity contribution is 8.00. The van der Waals surface area contributed by atoms with Crippen LogP contribution in [0.1, 0.15) is 65.2 Å². The second kappa shape index (κ2) is 19.5. The van der Waals surface area contributed by atoms with Crippen molar-refractivity contribution < 1.29 is 23.8 Å². The van der Waals surface area contributed by atoms with Gasteiger partial charge in [0.25, 0.3) is 5.91 Å². The fourth-order valence-electron chi connectivity index (χ4n) is 6.87. The molecule has 0 saturated carbocycles. The van der Waals surface area contributed by atoms with Crippen LogP contribution < -0.4 is 14.5 Å². The molecule has 0 aromatic heterocycles. The number of para-hydroxylation sites is 3. The van der Waals surface area contributed by atoms with Crippen LogP contribution in [0.5, 0.6) is 5.75 Å². The average molecular weight is 681 g/mol. The van der Waals surface area contributed by atoms with Gasteiger partial charge in [0.05, 0.1) is 29.3 Å². The number of benzene rings is 2. The van der Waals surface area contributed by atoms with E-state index in [2.05, 4.69) is 35.8 Å². The van der Waals surface area contributed by atoms with Crippen LogP contribution >= 0.6 is 11.8 Å². The van der Waals surface area contributed by atoms with Gasteiger partial charge in [0.1, 0.15) is 5.75 Å². The second-order valence-corrected chi connectivity index (χ2v) is 14.2. The van der Waals surface area contributed by atoms with E-state index in [1.807, 2.05) is 46.2 Å². The maximum Gasteiger partial charge on any atom is 0.265 e. The van der Waals surface area contributed by atoms with Crippen LogP contribution in [0.3, 0.4) is 0 Å². The number of fused-ring (bicyclic) bond motifs is 2. The number of nitrogens with zero attached hydrogens (tertiary/aromatic N) is 4. The lowest BCUT2D eigenvalue weighted by Crippen LogP contribution is -2.42. The third-order valence-electron chi connectivity index (χ3n) is 9.51. The normalized spacial score (nSPS) is 19.4. The monoisotopic (exact) mass is 680 g/mol. The van der Waals surface area contributed by atoms with E-state index >= 15 is 0 Å². The number of anilines is 2. The Bertz CT molecular complexity index is 1180. The molecule has 2 amide bonds. The molecule has 48 heavy (non-hydrogen) atoms. The molecule has 0 spiro atoms. The van der Waals surface area contributed by atoms with Gasteiger partial charge < -0.3 is 33.8 Å². The Morgan fingerprint density at radius 3 is 1.79 bits per heavy atom. The summed E-state index contributed by atoms with van der Waals surface area (Å²) in [5.41, 5.74) is 1.99. The summed E-state index contributed by atoms with van der Waals surface area (Å²) in [6.07, 6.45) is 9.64. The van der Waals surface area contributed by atoms with E-state index in [0.29, 0.717) is 18.0 Å². The first-order valence-electron chi connectivity index (χ1n) is 18.3. The van der Waals surface area contributed by atoms with Crippen LogP contribution in [0.25, 0.3) is 0 Å². The Morgan fingerprint density at radius 1 is 0.688 bits per heavy atom. The Kier molecular flexibility index (Phi) is 14.9. The van der Waals surface area contributed by atoms with Crippen LogP contribution in [0.4, 0.5) is 11.4 Å². The van der Waals surface area contributed by atoms with Gasteiger partial charge in [-0.25, -0.2) is 0 Å². The first-order chi connectivity index (χ1) is 23.6. The Balaban J connectivity index is 0.000000188. The molecule has 4 aliphatic heterocycles. The van der Waals surface area contributed by atoms with Gasteiger partial charge in [0.2, 0.25) is 5.91 Å². The summed E-state index contributed by atoms with van der Waals surface area (Å²) < 4.78 is 17.2. The maximum absolute atomic E-state index is 12.3. The molecule has 0 atom stereocenters. The van der Waals surface area contributed by atoms with E-state index in [1.54, 1.807) is 11.8 Å². The van der Waals surface area contributed by atoms with Gasteiger partial charge in [0, 0.05) is 57.4 Å². The lowest BCUT2D eigenvalue weighted by molar-refractivity contribution is -0.121. The van der Waals surface area contributed by atoms with Crippen molar-refractivity contribution in [3.8, 4) is 5.75 Å². The number of hydrogen-bond donors (Lipinski definition) is 0. The molecule has 0 radical (unpaired) electrons. The van der Waals surface area contributed by atoms with Gasteiger partial charge in [-0.05, 0) is 88.7 Å². The largest absolute Gasteiger partial charge is 0.482 e. The fraction of sp³-hybridized carbons (Fsp3) is 0.632. The molecular formula is C38H56N4O5S. The molecule has 0 aliphatic carbocycles. The Labute approximate surface area is 292 Å². The van der Waals surface area contributed by atoms with Gasteiger partial charge in [-0.1, -0.05) is 38.1 Å². The van der Waals surface area contributed by atoms with E-state index < -0.39 is 0 Å². The molecule has 0 bridgehead atoms. The number of hydrogen-bond acceptors (Lipinski definition) is 8. The molecule has 2 aromatic rings. The lowest BCUT2D eigenvalue weighted by Gasteiger charge is -2.33. The van der Waals surface area contributed by atoms with Crippen molar-refractivity contribution in [3.05, 3.63) is 48.5 Å². The molecule has 0 unspecified atom stereocenters. The second-order valence-electron chi connectivity index (χ2n) is 13.1. The minimum absolute atomic E-state index is 0.0559. The first-order valence-corrected chi connectivity index (χ1v) is 19.3. The molecule has 6 rings (SSSR count). The zero-order valence-corrected chi connectivity index (χ0v) is 30.0. The van der Waals surface area contributed by atoms with Gasteiger partial charge in [-0.3, -0.25) is 9.59 Å². The molecule has 2 fully saturated rings. The SMILES string of the molecule is CCCOC1CCN(CCCN2C(=O)COc3ccccc32)CC1.CCCOC1CCN(CCCN2C(=O)CSc3ccccc32)CC1. The smallest absolute Gasteiger partial charge is 0.265 e. The highest BCUT2D eigenvalue weighted by atomic mass is 32.2. The van der Waals surface area contributed by atoms with E-state index in [9.17, 15) is 9.59 Å². The van der Waals surface area contributed by atoms with Crippen molar-refractivity contribution in [3.63, 3.8) is 0 Å². The maximum atomic E-state index is 12.3. The van der Waals surface area contributed by atoms with Crippen molar-refractivity contribution >= 4 is 35.0 Å². The summed E-state index contributed by atoms with van der Waals surface area (Å²) in [7, 11) is 0. The number of thioether (sulfide) groups is 1. The van der Waals surface area contributed by atoms with E-state index in [4.69, 9.17) is 14.2 Å². The highest BCUT2D eigenvalue weighted by Gasteiger charge is 2.27. The summed E-state index contributed by atoms with van der Waals surface area (Å²) in [6.45, 7) is 14.3. The van der Waals surface area contributed by atoms with E-state index in [0.717, 1.165) is 134 Å². The van der Waals surface area contributed by atoms with Crippen LogP contribution in [-0.4, -0.2) is 112 Å². The third-order valence-corrected chi connectivity index (χ3v) is 10.6. The summed E-state index contributed by atoms with van der Waals surface area (Å²) in [5, 5.41) is 0. The lowest BCUT2D eigenvalue weighted by atomic mass is 10.1. The summed E-state index contributed by atoms with van der Waals surface area (Å²) in [5.74, 6) is 1.67. The quantitative estimate of drug-likeness (QED) is 0.237. The van der Waals surface area contributed by atoms with Gasteiger partial charge in [-0.2, -0.15) is 0 Å². The number of carbonyl (C=O) groups is 2. The van der Waals surface area contributed by atoms with E-state index in [-0.39, 0.29) is 18.4 Å².